The van der Waals surface area contributed by atoms with E-state index in [0.29, 0.717) is 17.9 Å². The quantitative estimate of drug-likeness (QED) is 0.818. The fourth-order valence-electron chi connectivity index (χ4n) is 2.32. The van der Waals surface area contributed by atoms with E-state index in [1.165, 1.54) is 29.7 Å². The summed E-state index contributed by atoms with van der Waals surface area (Å²) in [6.07, 6.45) is 3.47. The lowest BCUT2D eigenvalue weighted by Crippen LogP contribution is -2.37. The van der Waals surface area contributed by atoms with Gasteiger partial charge in [-0.25, -0.2) is 13.4 Å². The Hall–Kier alpha value is -2.13. The SMILES string of the molecule is CCCC[C@@H]1Oc2ccc(S(=O)(=O)Nc3nccs3)cc2NC1=O. The van der Waals surface area contributed by atoms with Crippen molar-refractivity contribution in [3.8, 4) is 5.75 Å². The Bertz CT molecular complexity index is 834. The van der Waals surface area contributed by atoms with Crippen LogP contribution >= 0.6 is 11.3 Å². The summed E-state index contributed by atoms with van der Waals surface area (Å²) in [5.74, 6) is 0.224. The van der Waals surface area contributed by atoms with E-state index in [2.05, 4.69) is 15.0 Å². The normalized spacial score (nSPS) is 16.9. The minimum atomic E-state index is -3.77. The number of nitrogens with one attached hydrogen (secondary N) is 2. The number of hydrogen-bond acceptors (Lipinski definition) is 6. The van der Waals surface area contributed by atoms with Gasteiger partial charge >= 0.3 is 0 Å². The highest BCUT2D eigenvalue weighted by Gasteiger charge is 2.28. The Morgan fingerprint density at radius 1 is 1.42 bits per heavy atom. The summed E-state index contributed by atoms with van der Waals surface area (Å²) in [7, 11) is -3.77. The van der Waals surface area contributed by atoms with Gasteiger partial charge < -0.3 is 10.1 Å². The minimum absolute atomic E-state index is 0.0346. The number of ether oxygens (including phenoxy) is 1. The van der Waals surface area contributed by atoms with E-state index in [1.807, 2.05) is 6.92 Å². The molecule has 1 amide bonds. The first-order valence-electron chi connectivity index (χ1n) is 7.53. The molecule has 7 nitrogen and oxygen atoms in total. The van der Waals surface area contributed by atoms with Crippen LogP contribution in [0.2, 0.25) is 0 Å². The van der Waals surface area contributed by atoms with Crippen molar-refractivity contribution in [1.29, 1.82) is 0 Å². The number of aromatic nitrogens is 1. The maximum atomic E-state index is 12.4. The third-order valence-corrected chi connectivity index (χ3v) is 5.71. The van der Waals surface area contributed by atoms with Crippen LogP contribution in [-0.2, 0) is 14.8 Å². The second-order valence-corrected chi connectivity index (χ2v) is 7.92. The van der Waals surface area contributed by atoms with Crippen LogP contribution in [0.3, 0.4) is 0 Å². The van der Waals surface area contributed by atoms with Crippen molar-refractivity contribution in [2.24, 2.45) is 0 Å². The third kappa shape index (κ3) is 3.51. The van der Waals surface area contributed by atoms with Crippen molar-refractivity contribution >= 4 is 38.1 Å². The van der Waals surface area contributed by atoms with Crippen LogP contribution in [0.25, 0.3) is 0 Å². The summed E-state index contributed by atoms with van der Waals surface area (Å²) in [5.41, 5.74) is 0.356. The number of carbonyl (C=O) groups excluding carboxylic acids is 1. The average Bonchev–Trinajstić information content (AvgIpc) is 3.04. The van der Waals surface area contributed by atoms with E-state index in [9.17, 15) is 13.2 Å². The summed E-state index contributed by atoms with van der Waals surface area (Å²) in [5, 5.41) is 4.68. The second kappa shape index (κ2) is 6.78. The molecule has 1 atom stereocenters. The van der Waals surface area contributed by atoms with E-state index in [1.54, 1.807) is 11.4 Å². The molecule has 0 fully saturated rings. The van der Waals surface area contributed by atoms with Crippen molar-refractivity contribution in [1.82, 2.24) is 4.98 Å². The summed E-state index contributed by atoms with van der Waals surface area (Å²) in [4.78, 5) is 16.0. The van der Waals surface area contributed by atoms with Crippen molar-refractivity contribution in [2.75, 3.05) is 10.0 Å². The Morgan fingerprint density at radius 2 is 2.25 bits per heavy atom. The van der Waals surface area contributed by atoms with Gasteiger partial charge in [-0.2, -0.15) is 0 Å². The molecule has 1 aliphatic rings. The topological polar surface area (TPSA) is 97.4 Å². The number of thiazole rings is 1. The lowest BCUT2D eigenvalue weighted by atomic mass is 10.1. The van der Waals surface area contributed by atoms with Gasteiger partial charge in [-0.05, 0) is 31.0 Å². The minimum Gasteiger partial charge on any atom is -0.478 e. The van der Waals surface area contributed by atoms with Crippen LogP contribution in [0.15, 0.2) is 34.7 Å². The molecule has 0 spiro atoms. The maximum Gasteiger partial charge on any atom is 0.265 e. The smallest absolute Gasteiger partial charge is 0.265 e. The zero-order valence-corrected chi connectivity index (χ0v) is 14.6. The van der Waals surface area contributed by atoms with Gasteiger partial charge in [0.05, 0.1) is 10.6 Å². The van der Waals surface area contributed by atoms with E-state index in [-0.39, 0.29) is 15.9 Å². The number of unbranched alkanes of at least 4 members (excludes halogenated alkanes) is 1. The van der Waals surface area contributed by atoms with Crippen LogP contribution < -0.4 is 14.8 Å². The second-order valence-electron chi connectivity index (χ2n) is 5.34. The highest BCUT2D eigenvalue weighted by molar-refractivity contribution is 7.93. The van der Waals surface area contributed by atoms with Crippen LogP contribution in [-0.4, -0.2) is 25.4 Å². The first-order chi connectivity index (χ1) is 11.5. The molecular weight excluding hydrogens is 350 g/mol. The fraction of sp³-hybridized carbons (Fsp3) is 0.333. The summed E-state index contributed by atoms with van der Waals surface area (Å²) in [6, 6.07) is 4.40. The molecule has 128 valence electrons. The molecule has 2 N–H and O–H groups in total. The molecule has 9 heteroatoms. The molecule has 0 saturated heterocycles. The molecular formula is C15H17N3O4S2. The number of carbonyl (C=O) groups is 1. The number of anilines is 2. The van der Waals surface area contributed by atoms with Gasteiger partial charge in [-0.3, -0.25) is 9.52 Å². The van der Waals surface area contributed by atoms with E-state index in [4.69, 9.17) is 4.74 Å². The van der Waals surface area contributed by atoms with Gasteiger partial charge in [-0.1, -0.05) is 13.3 Å². The number of nitrogens with zero attached hydrogens (tertiary/aromatic N) is 1. The van der Waals surface area contributed by atoms with Gasteiger partial charge in [0, 0.05) is 11.6 Å². The van der Waals surface area contributed by atoms with Gasteiger partial charge in [0.2, 0.25) is 0 Å². The van der Waals surface area contributed by atoms with Gasteiger partial charge in [0.1, 0.15) is 5.75 Å². The first-order valence-corrected chi connectivity index (χ1v) is 9.90. The van der Waals surface area contributed by atoms with E-state index >= 15 is 0 Å². The molecule has 0 aliphatic carbocycles. The standard InChI is InChI=1S/C15H17N3O4S2/c1-2-3-4-13-14(19)17-11-9-10(5-6-12(11)22-13)24(20,21)18-15-16-7-8-23-15/h5-9,13H,2-4H2,1H3,(H,16,18)(H,17,19)/t13-/m0/s1. The van der Waals surface area contributed by atoms with E-state index in [0.717, 1.165) is 12.8 Å². The van der Waals surface area contributed by atoms with Crippen molar-refractivity contribution < 1.29 is 17.9 Å². The molecule has 1 aliphatic heterocycles. The van der Waals surface area contributed by atoms with Gasteiger partial charge in [0.15, 0.2) is 11.2 Å². The van der Waals surface area contributed by atoms with Gasteiger partial charge in [0.25, 0.3) is 15.9 Å². The summed E-state index contributed by atoms with van der Waals surface area (Å²) in [6.45, 7) is 2.04. The Morgan fingerprint density at radius 3 is 2.96 bits per heavy atom. The van der Waals surface area contributed by atoms with Crippen molar-refractivity contribution in [3.63, 3.8) is 0 Å². The van der Waals surface area contributed by atoms with Crippen molar-refractivity contribution in [3.05, 3.63) is 29.8 Å². The van der Waals surface area contributed by atoms with Crippen LogP contribution in [0, 0.1) is 0 Å². The van der Waals surface area contributed by atoms with E-state index < -0.39 is 16.1 Å². The summed E-state index contributed by atoms with van der Waals surface area (Å²) < 4.78 is 32.8. The molecule has 1 aromatic carbocycles. The number of benzene rings is 1. The number of rotatable bonds is 6. The first kappa shape index (κ1) is 16.7. The highest BCUT2D eigenvalue weighted by atomic mass is 32.2. The number of fused-ring (bicyclic) bond motifs is 1. The fourth-order valence-corrected chi connectivity index (χ4v) is 4.14. The van der Waals surface area contributed by atoms with Crippen LogP contribution in [0.4, 0.5) is 10.8 Å². The maximum absolute atomic E-state index is 12.4. The average molecular weight is 367 g/mol. The number of sulfonamides is 1. The van der Waals surface area contributed by atoms with Gasteiger partial charge in [-0.15, -0.1) is 11.3 Å². The largest absolute Gasteiger partial charge is 0.478 e. The monoisotopic (exact) mass is 367 g/mol. The third-order valence-electron chi connectivity index (χ3n) is 3.55. The Balaban J connectivity index is 1.82. The highest BCUT2D eigenvalue weighted by Crippen LogP contribution is 2.33. The molecule has 0 unspecified atom stereocenters. The van der Waals surface area contributed by atoms with Crippen LogP contribution in [0.5, 0.6) is 5.75 Å². The molecule has 0 saturated carbocycles. The molecule has 2 aromatic rings. The molecule has 1 aromatic heterocycles. The Kier molecular flexibility index (Phi) is 4.72. The lowest BCUT2D eigenvalue weighted by molar-refractivity contribution is -0.123. The molecule has 24 heavy (non-hydrogen) atoms. The number of amides is 1. The number of hydrogen-bond donors (Lipinski definition) is 2. The predicted octanol–water partition coefficient (Wildman–Crippen LogP) is 2.83. The van der Waals surface area contributed by atoms with Crippen molar-refractivity contribution in [2.45, 2.75) is 37.2 Å². The molecule has 2 heterocycles. The molecule has 0 bridgehead atoms. The zero-order valence-electron chi connectivity index (χ0n) is 13.0. The Labute approximate surface area is 144 Å². The predicted molar refractivity (Wildman–Crippen MR) is 91.9 cm³/mol. The zero-order chi connectivity index (χ0) is 17.2. The molecule has 3 rings (SSSR count). The summed E-state index contributed by atoms with van der Waals surface area (Å²) >= 11 is 1.19. The molecule has 0 radical (unpaired) electrons. The van der Waals surface area contributed by atoms with Crippen LogP contribution in [0.1, 0.15) is 26.2 Å². The lowest BCUT2D eigenvalue weighted by Gasteiger charge is -2.26.